The van der Waals surface area contributed by atoms with E-state index in [0.29, 0.717) is 52.9 Å². The molecular formula is C19H39NO6. The van der Waals surface area contributed by atoms with Crippen LogP contribution in [0.25, 0.3) is 0 Å². The molecular weight excluding hydrogens is 338 g/mol. The molecule has 0 unspecified atom stereocenters. The lowest BCUT2D eigenvalue weighted by atomic mass is 10.1. The summed E-state index contributed by atoms with van der Waals surface area (Å²) >= 11 is 0. The van der Waals surface area contributed by atoms with E-state index in [0.717, 1.165) is 25.3 Å². The summed E-state index contributed by atoms with van der Waals surface area (Å²) in [6.45, 7) is 9.44. The molecule has 0 bridgehead atoms. The number of methoxy groups -OCH3 is 1. The second-order valence-electron chi connectivity index (χ2n) is 6.48. The van der Waals surface area contributed by atoms with Gasteiger partial charge in [0.25, 0.3) is 0 Å². The molecule has 0 aliphatic rings. The Labute approximate surface area is 159 Å². The molecule has 0 aromatic heterocycles. The number of rotatable bonds is 20. The van der Waals surface area contributed by atoms with Crippen molar-refractivity contribution in [1.82, 2.24) is 5.32 Å². The standard InChI is InChI=1S/C19H39NO6/c1-18(2)7-5-4-6-8-20-19(21)17-26-16-15-25-14-13-24-12-11-23-10-9-22-3/h18H,4-17H2,1-3H3,(H,20,21). The van der Waals surface area contributed by atoms with E-state index in [9.17, 15) is 4.79 Å². The Bertz CT molecular complexity index is 302. The fraction of sp³-hybridized carbons (Fsp3) is 0.947. The molecule has 0 heterocycles. The van der Waals surface area contributed by atoms with Gasteiger partial charge in [-0.2, -0.15) is 0 Å². The van der Waals surface area contributed by atoms with Crippen LogP contribution in [0.5, 0.6) is 0 Å². The van der Waals surface area contributed by atoms with Gasteiger partial charge in [0.2, 0.25) is 5.91 Å². The summed E-state index contributed by atoms with van der Waals surface area (Å²) in [5.74, 6) is 0.692. The molecule has 0 fully saturated rings. The highest BCUT2D eigenvalue weighted by molar-refractivity contribution is 5.77. The van der Waals surface area contributed by atoms with E-state index in [1.54, 1.807) is 7.11 Å². The monoisotopic (exact) mass is 377 g/mol. The van der Waals surface area contributed by atoms with Gasteiger partial charge in [-0.05, 0) is 12.3 Å². The number of unbranched alkanes of at least 4 members (excludes halogenated alkanes) is 2. The van der Waals surface area contributed by atoms with E-state index < -0.39 is 0 Å². The third-order valence-corrected chi connectivity index (χ3v) is 3.56. The lowest BCUT2D eigenvalue weighted by Crippen LogP contribution is -2.29. The van der Waals surface area contributed by atoms with Gasteiger partial charge in [-0.25, -0.2) is 0 Å². The Kier molecular flexibility index (Phi) is 20.0. The molecule has 0 aromatic rings. The quantitative estimate of drug-likeness (QED) is 0.327. The smallest absolute Gasteiger partial charge is 0.245 e. The fourth-order valence-electron chi connectivity index (χ4n) is 2.10. The molecule has 0 saturated heterocycles. The number of carbonyl (C=O) groups excluding carboxylic acids is 1. The van der Waals surface area contributed by atoms with Crippen molar-refractivity contribution in [2.45, 2.75) is 39.5 Å². The van der Waals surface area contributed by atoms with Crippen LogP contribution in [0.4, 0.5) is 0 Å². The largest absolute Gasteiger partial charge is 0.382 e. The Hall–Kier alpha value is -0.730. The number of carbonyl (C=O) groups is 1. The van der Waals surface area contributed by atoms with Gasteiger partial charge >= 0.3 is 0 Å². The van der Waals surface area contributed by atoms with Crippen LogP contribution in [0.1, 0.15) is 39.5 Å². The number of hydrogen-bond acceptors (Lipinski definition) is 6. The van der Waals surface area contributed by atoms with Crippen LogP contribution in [0, 0.1) is 5.92 Å². The van der Waals surface area contributed by atoms with Crippen molar-refractivity contribution in [2.24, 2.45) is 5.92 Å². The van der Waals surface area contributed by atoms with Crippen molar-refractivity contribution >= 4 is 5.91 Å². The Morgan fingerprint density at radius 1 is 0.769 bits per heavy atom. The van der Waals surface area contributed by atoms with Gasteiger partial charge in [-0.1, -0.05) is 33.1 Å². The highest BCUT2D eigenvalue weighted by Gasteiger charge is 2.01. The first kappa shape index (κ1) is 25.3. The molecule has 0 aliphatic heterocycles. The lowest BCUT2D eigenvalue weighted by Gasteiger charge is -2.08. The first-order valence-corrected chi connectivity index (χ1v) is 9.73. The summed E-state index contributed by atoms with van der Waals surface area (Å²) in [6.07, 6.45) is 4.67. The SMILES string of the molecule is COCCOCCOCCOCCOCC(=O)NCCCCCC(C)C. The second kappa shape index (κ2) is 20.6. The predicted molar refractivity (Wildman–Crippen MR) is 101 cm³/mol. The van der Waals surface area contributed by atoms with Gasteiger partial charge in [-0.3, -0.25) is 4.79 Å². The zero-order chi connectivity index (χ0) is 19.3. The highest BCUT2D eigenvalue weighted by Crippen LogP contribution is 2.07. The minimum absolute atomic E-state index is 0.0642. The van der Waals surface area contributed by atoms with Crippen LogP contribution in [0.15, 0.2) is 0 Å². The van der Waals surface area contributed by atoms with Crippen molar-refractivity contribution in [3.8, 4) is 0 Å². The van der Waals surface area contributed by atoms with Crippen LogP contribution in [-0.2, 0) is 28.5 Å². The molecule has 0 aromatic carbocycles. The van der Waals surface area contributed by atoms with E-state index in [1.807, 2.05) is 0 Å². The van der Waals surface area contributed by atoms with Crippen molar-refractivity contribution in [3.63, 3.8) is 0 Å². The van der Waals surface area contributed by atoms with Gasteiger partial charge in [0, 0.05) is 13.7 Å². The third kappa shape index (κ3) is 21.3. The van der Waals surface area contributed by atoms with Crippen LogP contribution >= 0.6 is 0 Å². The van der Waals surface area contributed by atoms with Gasteiger partial charge in [0.1, 0.15) is 6.61 Å². The zero-order valence-electron chi connectivity index (χ0n) is 16.9. The van der Waals surface area contributed by atoms with Crippen LogP contribution in [0.2, 0.25) is 0 Å². The molecule has 0 radical (unpaired) electrons. The van der Waals surface area contributed by atoms with E-state index in [-0.39, 0.29) is 12.5 Å². The van der Waals surface area contributed by atoms with Crippen LogP contribution in [0.3, 0.4) is 0 Å². The molecule has 0 atom stereocenters. The zero-order valence-corrected chi connectivity index (χ0v) is 16.9. The number of amides is 1. The average Bonchev–Trinajstić information content (AvgIpc) is 2.61. The summed E-state index contributed by atoms with van der Waals surface area (Å²) < 4.78 is 26.1. The minimum Gasteiger partial charge on any atom is -0.382 e. The van der Waals surface area contributed by atoms with Crippen molar-refractivity contribution in [3.05, 3.63) is 0 Å². The summed E-state index contributed by atoms with van der Waals surface area (Å²) in [5, 5.41) is 2.87. The fourth-order valence-corrected chi connectivity index (χ4v) is 2.10. The van der Waals surface area contributed by atoms with Gasteiger partial charge < -0.3 is 29.0 Å². The average molecular weight is 378 g/mol. The van der Waals surface area contributed by atoms with Crippen LogP contribution in [-0.4, -0.2) is 79.0 Å². The lowest BCUT2D eigenvalue weighted by molar-refractivity contribution is -0.126. The number of hydrogen-bond donors (Lipinski definition) is 1. The molecule has 0 rings (SSSR count). The maximum Gasteiger partial charge on any atom is 0.245 e. The third-order valence-electron chi connectivity index (χ3n) is 3.56. The van der Waals surface area contributed by atoms with Gasteiger partial charge in [0.05, 0.1) is 52.9 Å². The van der Waals surface area contributed by atoms with Crippen molar-refractivity contribution < 1.29 is 28.5 Å². The first-order valence-electron chi connectivity index (χ1n) is 9.73. The van der Waals surface area contributed by atoms with Gasteiger partial charge in [0.15, 0.2) is 0 Å². The van der Waals surface area contributed by atoms with Crippen LogP contribution < -0.4 is 5.32 Å². The molecule has 0 saturated carbocycles. The molecule has 26 heavy (non-hydrogen) atoms. The van der Waals surface area contributed by atoms with E-state index >= 15 is 0 Å². The molecule has 7 nitrogen and oxygen atoms in total. The normalized spacial score (nSPS) is 11.2. The summed E-state index contributed by atoms with van der Waals surface area (Å²) in [5.41, 5.74) is 0. The second-order valence-corrected chi connectivity index (χ2v) is 6.48. The Balaban J connectivity index is 3.14. The van der Waals surface area contributed by atoms with E-state index in [1.165, 1.54) is 12.8 Å². The number of ether oxygens (including phenoxy) is 5. The molecule has 1 N–H and O–H groups in total. The Morgan fingerprint density at radius 3 is 1.85 bits per heavy atom. The summed E-state index contributed by atoms with van der Waals surface area (Å²) in [7, 11) is 1.64. The predicted octanol–water partition coefficient (Wildman–Crippen LogP) is 2.03. The van der Waals surface area contributed by atoms with Crippen molar-refractivity contribution in [1.29, 1.82) is 0 Å². The van der Waals surface area contributed by atoms with Gasteiger partial charge in [-0.15, -0.1) is 0 Å². The molecule has 7 heteroatoms. The van der Waals surface area contributed by atoms with Crippen molar-refractivity contribution in [2.75, 3.05) is 73.1 Å². The van der Waals surface area contributed by atoms with E-state index in [4.69, 9.17) is 23.7 Å². The summed E-state index contributed by atoms with van der Waals surface area (Å²) in [6, 6.07) is 0. The Morgan fingerprint density at radius 2 is 1.31 bits per heavy atom. The molecule has 0 aliphatic carbocycles. The first-order chi connectivity index (χ1) is 12.7. The van der Waals surface area contributed by atoms with E-state index in [2.05, 4.69) is 19.2 Å². The number of nitrogens with one attached hydrogen (secondary N) is 1. The highest BCUT2D eigenvalue weighted by atomic mass is 16.6. The maximum atomic E-state index is 11.6. The minimum atomic E-state index is -0.0642. The molecule has 0 spiro atoms. The topological polar surface area (TPSA) is 75.2 Å². The molecule has 1 amide bonds. The maximum absolute atomic E-state index is 11.6. The summed E-state index contributed by atoms with van der Waals surface area (Å²) in [4.78, 5) is 11.6. The molecule has 156 valence electrons.